The Kier molecular flexibility index (Phi) is 2.73. The van der Waals surface area contributed by atoms with Crippen LogP contribution in [0.3, 0.4) is 0 Å². The molecule has 17 heavy (non-hydrogen) atoms. The molecule has 1 aromatic rings. The van der Waals surface area contributed by atoms with Gasteiger partial charge in [0.2, 0.25) is 0 Å². The number of benzene rings is 1. The van der Waals surface area contributed by atoms with Crippen LogP contribution in [0.25, 0.3) is 0 Å². The van der Waals surface area contributed by atoms with E-state index < -0.39 is 0 Å². The van der Waals surface area contributed by atoms with Crippen LogP contribution < -0.4 is 5.32 Å². The van der Waals surface area contributed by atoms with Crippen molar-refractivity contribution in [2.24, 2.45) is 0 Å². The Balaban J connectivity index is 1.72. The van der Waals surface area contributed by atoms with Crippen molar-refractivity contribution in [2.45, 2.75) is 18.9 Å². The molecule has 4 nitrogen and oxygen atoms in total. The van der Waals surface area contributed by atoms with Gasteiger partial charge < -0.3 is 14.8 Å². The fourth-order valence-corrected chi connectivity index (χ4v) is 2.26. The van der Waals surface area contributed by atoms with Crippen LogP contribution in [0.1, 0.15) is 22.3 Å². The second-order valence-electron chi connectivity index (χ2n) is 4.44. The molecule has 0 amide bonds. The number of nitrogens with one attached hydrogen (secondary N) is 1. The van der Waals surface area contributed by atoms with Gasteiger partial charge in [0.25, 0.3) is 0 Å². The standard InChI is InChI=1S/C13H15NO3/c15-13(17-11-4-6-16-8-11)10-1-2-12-9(7-10)3-5-14-12/h1-2,7,11,14H,3-6,8H2. The minimum Gasteiger partial charge on any atom is -0.456 e. The summed E-state index contributed by atoms with van der Waals surface area (Å²) in [6.45, 7) is 2.16. The van der Waals surface area contributed by atoms with Crippen molar-refractivity contribution in [2.75, 3.05) is 25.1 Å². The van der Waals surface area contributed by atoms with E-state index in [1.165, 1.54) is 5.56 Å². The average Bonchev–Trinajstić information content (AvgIpc) is 2.97. The van der Waals surface area contributed by atoms with Crippen LogP contribution in [-0.2, 0) is 15.9 Å². The lowest BCUT2D eigenvalue weighted by Gasteiger charge is -2.10. The number of ether oxygens (including phenoxy) is 2. The second kappa shape index (κ2) is 4.37. The van der Waals surface area contributed by atoms with Crippen molar-refractivity contribution in [1.82, 2.24) is 0 Å². The molecule has 90 valence electrons. The van der Waals surface area contributed by atoms with Crippen LogP contribution >= 0.6 is 0 Å². The van der Waals surface area contributed by atoms with E-state index in [0.29, 0.717) is 18.8 Å². The van der Waals surface area contributed by atoms with Crippen LogP contribution in [0.5, 0.6) is 0 Å². The Morgan fingerprint density at radius 1 is 1.47 bits per heavy atom. The van der Waals surface area contributed by atoms with Crippen molar-refractivity contribution in [1.29, 1.82) is 0 Å². The number of fused-ring (bicyclic) bond motifs is 1. The molecule has 1 N–H and O–H groups in total. The molecule has 1 fully saturated rings. The summed E-state index contributed by atoms with van der Waals surface area (Å²) in [4.78, 5) is 11.9. The van der Waals surface area contributed by atoms with Crippen LogP contribution in [0.4, 0.5) is 5.69 Å². The van der Waals surface area contributed by atoms with Crippen molar-refractivity contribution >= 4 is 11.7 Å². The SMILES string of the molecule is O=C(OC1CCOC1)c1ccc2c(c1)CCN2. The molecule has 2 aliphatic rings. The Morgan fingerprint density at radius 2 is 2.41 bits per heavy atom. The molecule has 0 saturated carbocycles. The Hall–Kier alpha value is -1.55. The van der Waals surface area contributed by atoms with Gasteiger partial charge in [-0.15, -0.1) is 0 Å². The Morgan fingerprint density at radius 3 is 3.24 bits per heavy atom. The highest BCUT2D eigenvalue weighted by Crippen LogP contribution is 2.23. The number of hydrogen-bond acceptors (Lipinski definition) is 4. The van der Waals surface area contributed by atoms with E-state index in [0.717, 1.165) is 25.1 Å². The van der Waals surface area contributed by atoms with Gasteiger partial charge in [0, 0.05) is 18.7 Å². The fraction of sp³-hybridized carbons (Fsp3) is 0.462. The van der Waals surface area contributed by atoms with E-state index in [1.54, 1.807) is 0 Å². The molecular formula is C13H15NO3. The normalized spacial score (nSPS) is 22.0. The molecule has 0 aromatic heterocycles. The van der Waals surface area contributed by atoms with Crippen molar-refractivity contribution in [3.05, 3.63) is 29.3 Å². The highest BCUT2D eigenvalue weighted by molar-refractivity contribution is 5.90. The molecule has 2 aliphatic heterocycles. The summed E-state index contributed by atoms with van der Waals surface area (Å²) in [6, 6.07) is 5.69. The predicted octanol–water partition coefficient (Wildman–Crippen LogP) is 1.60. The quantitative estimate of drug-likeness (QED) is 0.788. The van der Waals surface area contributed by atoms with Gasteiger partial charge in [-0.1, -0.05) is 0 Å². The largest absolute Gasteiger partial charge is 0.456 e. The maximum atomic E-state index is 11.9. The minimum absolute atomic E-state index is 0.0751. The average molecular weight is 233 g/mol. The van der Waals surface area contributed by atoms with Crippen LogP contribution in [-0.4, -0.2) is 31.8 Å². The van der Waals surface area contributed by atoms with Crippen LogP contribution in [0, 0.1) is 0 Å². The maximum Gasteiger partial charge on any atom is 0.338 e. The molecule has 0 bridgehead atoms. The zero-order valence-electron chi connectivity index (χ0n) is 9.57. The molecule has 1 aromatic carbocycles. The molecular weight excluding hydrogens is 218 g/mol. The van der Waals surface area contributed by atoms with E-state index in [-0.39, 0.29) is 12.1 Å². The first kappa shape index (κ1) is 10.6. The summed E-state index contributed by atoms with van der Waals surface area (Å²) in [7, 11) is 0. The van der Waals surface area contributed by atoms with Crippen LogP contribution in [0.15, 0.2) is 18.2 Å². The Bertz CT molecular complexity index is 438. The number of anilines is 1. The maximum absolute atomic E-state index is 11.9. The summed E-state index contributed by atoms with van der Waals surface area (Å²) in [6.07, 6.45) is 1.70. The smallest absolute Gasteiger partial charge is 0.338 e. The number of esters is 1. The van der Waals surface area contributed by atoms with Gasteiger partial charge in [-0.3, -0.25) is 0 Å². The number of rotatable bonds is 2. The van der Waals surface area contributed by atoms with Crippen molar-refractivity contribution in [3.8, 4) is 0 Å². The lowest BCUT2D eigenvalue weighted by Crippen LogP contribution is -2.18. The van der Waals surface area contributed by atoms with Gasteiger partial charge in [0.05, 0.1) is 18.8 Å². The second-order valence-corrected chi connectivity index (χ2v) is 4.44. The highest BCUT2D eigenvalue weighted by Gasteiger charge is 2.21. The van der Waals surface area contributed by atoms with E-state index in [1.807, 2.05) is 18.2 Å². The number of hydrogen-bond donors (Lipinski definition) is 1. The Labute approximate surface area is 99.9 Å². The number of carbonyl (C=O) groups excluding carboxylic acids is 1. The van der Waals surface area contributed by atoms with Gasteiger partial charge in [0.15, 0.2) is 0 Å². The highest BCUT2D eigenvalue weighted by atomic mass is 16.6. The topological polar surface area (TPSA) is 47.6 Å². The first-order chi connectivity index (χ1) is 8.33. The van der Waals surface area contributed by atoms with E-state index >= 15 is 0 Å². The van der Waals surface area contributed by atoms with Gasteiger partial charge in [0.1, 0.15) is 6.10 Å². The third kappa shape index (κ3) is 2.13. The molecule has 1 unspecified atom stereocenters. The fourth-order valence-electron chi connectivity index (χ4n) is 2.26. The summed E-state index contributed by atoms with van der Waals surface area (Å²) < 4.78 is 10.6. The lowest BCUT2D eigenvalue weighted by atomic mass is 10.1. The van der Waals surface area contributed by atoms with Gasteiger partial charge in [-0.05, 0) is 30.2 Å². The molecule has 0 spiro atoms. The summed E-state index contributed by atoms with van der Waals surface area (Å²) in [5.41, 5.74) is 2.97. The molecule has 1 saturated heterocycles. The molecule has 4 heteroatoms. The molecule has 3 rings (SSSR count). The summed E-state index contributed by atoms with van der Waals surface area (Å²) in [5.74, 6) is -0.241. The van der Waals surface area contributed by atoms with Crippen molar-refractivity contribution in [3.63, 3.8) is 0 Å². The van der Waals surface area contributed by atoms with E-state index in [9.17, 15) is 4.79 Å². The van der Waals surface area contributed by atoms with Gasteiger partial charge >= 0.3 is 5.97 Å². The molecule has 2 heterocycles. The third-order valence-corrected chi connectivity index (χ3v) is 3.21. The van der Waals surface area contributed by atoms with Crippen LogP contribution in [0.2, 0.25) is 0 Å². The first-order valence-corrected chi connectivity index (χ1v) is 5.98. The predicted molar refractivity (Wildman–Crippen MR) is 63.3 cm³/mol. The number of carbonyl (C=O) groups is 1. The summed E-state index contributed by atoms with van der Waals surface area (Å²) in [5, 5.41) is 3.27. The minimum atomic E-state index is -0.241. The van der Waals surface area contributed by atoms with E-state index in [2.05, 4.69) is 5.32 Å². The van der Waals surface area contributed by atoms with Gasteiger partial charge in [-0.2, -0.15) is 0 Å². The third-order valence-electron chi connectivity index (χ3n) is 3.21. The molecule has 1 atom stereocenters. The molecule has 0 aliphatic carbocycles. The lowest BCUT2D eigenvalue weighted by molar-refractivity contribution is 0.0270. The van der Waals surface area contributed by atoms with Gasteiger partial charge in [-0.25, -0.2) is 4.79 Å². The first-order valence-electron chi connectivity index (χ1n) is 5.98. The van der Waals surface area contributed by atoms with E-state index in [4.69, 9.17) is 9.47 Å². The molecule has 0 radical (unpaired) electrons. The zero-order valence-corrected chi connectivity index (χ0v) is 9.57. The van der Waals surface area contributed by atoms with Crippen molar-refractivity contribution < 1.29 is 14.3 Å². The summed E-state index contributed by atoms with van der Waals surface area (Å²) >= 11 is 0. The zero-order chi connectivity index (χ0) is 11.7. The monoisotopic (exact) mass is 233 g/mol.